The lowest BCUT2D eigenvalue weighted by molar-refractivity contribution is -0.129. The Balaban J connectivity index is 1.37. The van der Waals surface area contributed by atoms with E-state index in [1.54, 1.807) is 29.8 Å². The van der Waals surface area contributed by atoms with E-state index in [9.17, 15) is 9.18 Å². The highest BCUT2D eigenvalue weighted by Crippen LogP contribution is 2.38. The minimum absolute atomic E-state index is 0.122. The summed E-state index contributed by atoms with van der Waals surface area (Å²) in [5, 5.41) is 5.83. The molecule has 0 saturated heterocycles. The number of carbonyl (C=O) groups excluding carboxylic acids is 1. The van der Waals surface area contributed by atoms with Crippen molar-refractivity contribution in [1.29, 1.82) is 0 Å². The van der Waals surface area contributed by atoms with Crippen LogP contribution in [0.25, 0.3) is 21.3 Å². The smallest absolute Gasteiger partial charge is 0.233 e. The van der Waals surface area contributed by atoms with Crippen LogP contribution in [0.15, 0.2) is 52.4 Å². The zero-order valence-electron chi connectivity index (χ0n) is 15.3. The molecule has 4 aromatic rings. The number of nitrogens with zero attached hydrogens (tertiary/aromatic N) is 3. The molecule has 4 heterocycles. The maximum absolute atomic E-state index is 13.3. The van der Waals surface area contributed by atoms with Gasteiger partial charge in [0.15, 0.2) is 0 Å². The van der Waals surface area contributed by atoms with Crippen molar-refractivity contribution in [3.8, 4) is 11.1 Å². The van der Waals surface area contributed by atoms with Crippen molar-refractivity contribution in [2.75, 3.05) is 12.3 Å². The van der Waals surface area contributed by atoms with Gasteiger partial charge in [-0.2, -0.15) is 0 Å². The van der Waals surface area contributed by atoms with Gasteiger partial charge >= 0.3 is 0 Å². The molecule has 0 radical (unpaired) electrons. The topological polar surface area (TPSA) is 46.1 Å². The minimum atomic E-state index is -0.264. The van der Waals surface area contributed by atoms with Crippen molar-refractivity contribution in [1.82, 2.24) is 14.9 Å². The van der Waals surface area contributed by atoms with E-state index in [1.165, 1.54) is 45.7 Å². The van der Waals surface area contributed by atoms with Gasteiger partial charge in [-0.1, -0.05) is 23.9 Å². The number of fused-ring (bicyclic) bond motifs is 2. The predicted molar refractivity (Wildman–Crippen MR) is 117 cm³/mol. The summed E-state index contributed by atoms with van der Waals surface area (Å²) in [6, 6.07) is 8.54. The second-order valence-electron chi connectivity index (χ2n) is 6.74. The lowest BCUT2D eigenvalue weighted by Gasteiger charge is -2.26. The number of aromatic nitrogens is 2. The van der Waals surface area contributed by atoms with Crippen LogP contribution in [-0.4, -0.2) is 33.1 Å². The van der Waals surface area contributed by atoms with Gasteiger partial charge in [0.05, 0.1) is 11.1 Å². The average Bonchev–Trinajstić information content (AvgIpc) is 3.39. The fourth-order valence-corrected chi connectivity index (χ4v) is 6.27. The maximum atomic E-state index is 13.3. The average molecular weight is 442 g/mol. The Morgan fingerprint density at radius 1 is 1.17 bits per heavy atom. The molecule has 0 bridgehead atoms. The van der Waals surface area contributed by atoms with Crippen LogP contribution in [0.2, 0.25) is 0 Å². The first-order chi connectivity index (χ1) is 14.2. The third-order valence-corrected chi connectivity index (χ3v) is 7.87. The summed E-state index contributed by atoms with van der Waals surface area (Å²) in [7, 11) is 0. The Labute approximate surface area is 179 Å². The minimum Gasteiger partial charge on any atom is -0.337 e. The van der Waals surface area contributed by atoms with E-state index in [0.717, 1.165) is 39.3 Å². The third-order valence-electron chi connectivity index (χ3n) is 4.98. The second-order valence-corrected chi connectivity index (χ2v) is 9.56. The molecule has 1 aliphatic heterocycles. The van der Waals surface area contributed by atoms with Crippen molar-refractivity contribution < 1.29 is 9.18 Å². The first-order valence-electron chi connectivity index (χ1n) is 9.13. The molecule has 29 heavy (non-hydrogen) atoms. The van der Waals surface area contributed by atoms with Crippen LogP contribution in [0.1, 0.15) is 10.4 Å². The maximum Gasteiger partial charge on any atom is 0.233 e. The molecule has 0 aliphatic carbocycles. The molecule has 5 rings (SSSR count). The number of carbonyl (C=O) groups is 1. The van der Waals surface area contributed by atoms with E-state index in [0.29, 0.717) is 12.3 Å². The largest absolute Gasteiger partial charge is 0.337 e. The highest BCUT2D eigenvalue weighted by atomic mass is 32.2. The zero-order valence-corrected chi connectivity index (χ0v) is 17.7. The SMILES string of the molecule is O=C(CSc1ncnc2scc(-c3ccc(F)cc3)c12)N1CCc2sccc2C1. The van der Waals surface area contributed by atoms with Crippen LogP contribution in [0.5, 0.6) is 0 Å². The van der Waals surface area contributed by atoms with Crippen LogP contribution in [0.3, 0.4) is 0 Å². The predicted octanol–water partition coefficient (Wildman–Crippen LogP) is 5.24. The van der Waals surface area contributed by atoms with Gasteiger partial charge in [-0.15, -0.1) is 22.7 Å². The fourth-order valence-electron chi connectivity index (χ4n) is 3.48. The lowest BCUT2D eigenvalue weighted by atomic mass is 10.1. The van der Waals surface area contributed by atoms with Gasteiger partial charge in [-0.05, 0) is 41.1 Å². The Morgan fingerprint density at radius 3 is 2.90 bits per heavy atom. The van der Waals surface area contributed by atoms with Crippen LogP contribution in [0.4, 0.5) is 4.39 Å². The molecule has 3 aromatic heterocycles. The molecular formula is C21H16FN3OS3. The molecule has 4 nitrogen and oxygen atoms in total. The number of rotatable bonds is 4. The molecule has 1 aromatic carbocycles. The number of thioether (sulfide) groups is 1. The van der Waals surface area contributed by atoms with Gasteiger partial charge in [0, 0.05) is 28.9 Å². The molecule has 8 heteroatoms. The molecule has 0 saturated carbocycles. The quantitative estimate of drug-likeness (QED) is 0.321. The standard InChI is InChI=1S/C21H16FN3OS3/c22-15-3-1-13(2-4-15)16-10-28-20-19(16)21(24-12-23-20)29-11-18(26)25-7-5-17-14(9-25)6-8-27-17/h1-4,6,8,10,12H,5,7,9,11H2. The molecule has 0 fully saturated rings. The third kappa shape index (κ3) is 3.68. The summed E-state index contributed by atoms with van der Waals surface area (Å²) >= 11 is 4.74. The highest BCUT2D eigenvalue weighted by molar-refractivity contribution is 8.00. The van der Waals surface area contributed by atoms with Crippen molar-refractivity contribution >= 4 is 50.6 Å². The summed E-state index contributed by atoms with van der Waals surface area (Å²) in [6.45, 7) is 1.46. The summed E-state index contributed by atoms with van der Waals surface area (Å²) in [5.74, 6) is 0.196. The molecule has 1 amide bonds. The summed E-state index contributed by atoms with van der Waals surface area (Å²) in [6.07, 6.45) is 2.47. The highest BCUT2D eigenvalue weighted by Gasteiger charge is 2.22. The number of benzene rings is 1. The van der Waals surface area contributed by atoms with Gasteiger partial charge in [-0.3, -0.25) is 4.79 Å². The zero-order chi connectivity index (χ0) is 19.8. The van der Waals surface area contributed by atoms with Gasteiger partial charge in [0.1, 0.15) is 22.0 Å². The van der Waals surface area contributed by atoms with Crippen LogP contribution < -0.4 is 0 Å². The van der Waals surface area contributed by atoms with Crippen molar-refractivity contribution in [2.45, 2.75) is 18.0 Å². The molecule has 1 aliphatic rings. The number of thiophene rings is 2. The fraction of sp³-hybridized carbons (Fsp3) is 0.190. The molecule has 0 atom stereocenters. The number of hydrogen-bond acceptors (Lipinski definition) is 6. The van der Waals surface area contributed by atoms with Gasteiger partial charge in [0.25, 0.3) is 0 Å². The molecular weight excluding hydrogens is 425 g/mol. The Hall–Kier alpha value is -2.29. The molecule has 146 valence electrons. The van der Waals surface area contributed by atoms with Crippen molar-refractivity contribution in [2.24, 2.45) is 0 Å². The Kier molecular flexibility index (Phi) is 5.07. The summed E-state index contributed by atoms with van der Waals surface area (Å²) < 4.78 is 13.3. The number of amides is 1. The normalized spacial score (nSPS) is 13.6. The second kappa shape index (κ2) is 7.85. The van der Waals surface area contributed by atoms with E-state index in [1.807, 2.05) is 10.3 Å². The van der Waals surface area contributed by atoms with Crippen LogP contribution >= 0.6 is 34.4 Å². The van der Waals surface area contributed by atoms with Crippen LogP contribution in [0, 0.1) is 5.82 Å². The molecule has 0 N–H and O–H groups in total. The number of halogens is 1. The van der Waals surface area contributed by atoms with Crippen LogP contribution in [-0.2, 0) is 17.8 Å². The van der Waals surface area contributed by atoms with Gasteiger partial charge in [0.2, 0.25) is 5.91 Å². The van der Waals surface area contributed by atoms with E-state index < -0.39 is 0 Å². The first kappa shape index (κ1) is 18.7. The molecule has 0 spiro atoms. The number of hydrogen-bond donors (Lipinski definition) is 0. The van der Waals surface area contributed by atoms with Gasteiger partial charge in [-0.25, -0.2) is 14.4 Å². The first-order valence-corrected chi connectivity index (χ1v) is 11.9. The summed E-state index contributed by atoms with van der Waals surface area (Å²) in [5.41, 5.74) is 3.16. The van der Waals surface area contributed by atoms with Crippen molar-refractivity contribution in [3.63, 3.8) is 0 Å². The Bertz CT molecular complexity index is 1190. The lowest BCUT2D eigenvalue weighted by Crippen LogP contribution is -2.36. The van der Waals surface area contributed by atoms with Gasteiger partial charge < -0.3 is 4.90 Å². The van der Waals surface area contributed by atoms with E-state index >= 15 is 0 Å². The summed E-state index contributed by atoms with van der Waals surface area (Å²) in [4.78, 5) is 25.8. The van der Waals surface area contributed by atoms with Crippen molar-refractivity contribution in [3.05, 3.63) is 63.7 Å². The van der Waals surface area contributed by atoms with E-state index in [4.69, 9.17) is 0 Å². The Morgan fingerprint density at radius 2 is 2.03 bits per heavy atom. The monoisotopic (exact) mass is 441 g/mol. The van der Waals surface area contributed by atoms with E-state index in [-0.39, 0.29) is 11.7 Å². The molecule has 0 unspecified atom stereocenters. The van der Waals surface area contributed by atoms with E-state index in [2.05, 4.69) is 21.4 Å².